The van der Waals surface area contributed by atoms with Gasteiger partial charge in [0.15, 0.2) is 40.3 Å². The molecule has 578 valence electrons. The molecule has 0 atom stereocenters. The lowest BCUT2D eigenvalue weighted by atomic mass is 9.97. The van der Waals surface area contributed by atoms with E-state index in [0.717, 1.165) is 62.2 Å². The summed E-state index contributed by atoms with van der Waals surface area (Å²) in [6.07, 6.45) is 15.4. The highest BCUT2D eigenvalue weighted by Crippen LogP contribution is 2.36. The number of halogens is 4. The molecule has 14 nitrogen and oxygen atoms in total. The maximum atomic E-state index is 11.8. The van der Waals surface area contributed by atoms with Crippen molar-refractivity contribution in [3.05, 3.63) is 290 Å². The third-order valence-corrected chi connectivity index (χ3v) is 17.8. The van der Waals surface area contributed by atoms with Gasteiger partial charge in [0.25, 0.3) is 5.24 Å². The molecule has 0 aromatic heterocycles. The lowest BCUT2D eigenvalue weighted by Crippen LogP contribution is -2.26. The number of hydrogen-bond donors (Lipinski definition) is 0. The van der Waals surface area contributed by atoms with Crippen LogP contribution >= 0.6 is 72.7 Å². The molecule has 0 fully saturated rings. The first-order valence-electron chi connectivity index (χ1n) is 35.3. The smallest absolute Gasteiger partial charge is 0.338 e. The van der Waals surface area contributed by atoms with E-state index in [2.05, 4.69) is 150 Å². The Morgan fingerprint density at radius 3 is 1.04 bits per heavy atom. The summed E-state index contributed by atoms with van der Waals surface area (Å²) >= 11 is 12.9. The number of benzene rings is 9. The van der Waals surface area contributed by atoms with Crippen LogP contribution in [0.3, 0.4) is 0 Å². The summed E-state index contributed by atoms with van der Waals surface area (Å²) in [5.41, 5.74) is 11.8. The van der Waals surface area contributed by atoms with Gasteiger partial charge in [0.05, 0.1) is 62.9 Å². The number of ether oxygens (including phenoxy) is 7. The van der Waals surface area contributed by atoms with Gasteiger partial charge in [-0.2, -0.15) is 0 Å². The van der Waals surface area contributed by atoms with Gasteiger partial charge in [-0.3, -0.25) is 19.2 Å². The first-order chi connectivity index (χ1) is 53.1. The average Bonchev–Trinajstić information content (AvgIpc) is 1.69. The van der Waals surface area contributed by atoms with Crippen molar-refractivity contribution in [3.63, 3.8) is 0 Å². The zero-order chi connectivity index (χ0) is 83.0. The number of Topliss-reactive ketones (excluding diaryl/α,β-unsaturated/α-hetero) is 3. The number of terminal acetylenes is 3. The molecule has 0 N–H and O–H groups in total. The minimum Gasteiger partial charge on any atom is -0.489 e. The second kappa shape index (κ2) is 48.3. The Bertz CT molecular complexity index is 4890. The van der Waals surface area contributed by atoms with Crippen molar-refractivity contribution in [2.75, 3.05) is 46.2 Å². The minimum atomic E-state index is -1.10. The molecule has 0 saturated heterocycles. The van der Waals surface area contributed by atoms with Crippen LogP contribution in [0.15, 0.2) is 211 Å². The summed E-state index contributed by atoms with van der Waals surface area (Å²) < 4.78 is 41.2. The number of rotatable bonds is 10. The fraction of sp³-hybridized carbons (Fsp3) is 0.237. The number of carbonyl (C=O) groups excluding carboxylic acids is 7. The number of carbonyl (C=O) groups is 7. The fourth-order valence-corrected chi connectivity index (χ4v) is 9.92. The van der Waals surface area contributed by atoms with Crippen LogP contribution < -0.4 is 18.9 Å². The van der Waals surface area contributed by atoms with Gasteiger partial charge < -0.3 is 33.2 Å². The number of esters is 3. The molecule has 9 aromatic rings. The maximum Gasteiger partial charge on any atom is 0.338 e. The predicted molar refractivity (Wildman–Crippen MR) is 469 cm³/mol. The van der Waals surface area contributed by atoms with Crippen LogP contribution in [0, 0.1) is 78.3 Å². The quantitative estimate of drug-likeness (QED) is 0.0240. The van der Waals surface area contributed by atoms with E-state index in [9.17, 15) is 33.6 Å². The van der Waals surface area contributed by atoms with Gasteiger partial charge in [-0.25, -0.2) is 14.4 Å². The van der Waals surface area contributed by atoms with E-state index in [1.807, 2.05) is 97.1 Å². The molecule has 0 saturated carbocycles. The second-order valence-electron chi connectivity index (χ2n) is 26.9. The molecule has 112 heavy (non-hydrogen) atoms. The van der Waals surface area contributed by atoms with Crippen molar-refractivity contribution in [1.82, 2.24) is 0 Å². The number of ketones is 3. The van der Waals surface area contributed by atoms with Gasteiger partial charge in [0.2, 0.25) is 0 Å². The Balaban J connectivity index is 0.000000282. The van der Waals surface area contributed by atoms with Gasteiger partial charge in [0.1, 0.15) is 8.07 Å². The zero-order valence-corrected chi connectivity index (χ0v) is 72.7. The molecule has 0 aliphatic carbocycles. The third kappa shape index (κ3) is 36.1. The SMILES string of the molecule is C#C[Si](C)(C)C.C#Cc1ccc(C(C)=O)cc1.C#Cc1cccc(C(=O)OCC)c1.CC(=O)c1ccc(C#Cc2ccc3c(c2)OCC(C)(C)CO3)cc1.CC(=O)c1ccc(I)cc1.CCOC(=O)c1cccc(Br)c1.CCOC(=O)c1cccc(C#Cc2ccc3c(c2)OCC(C)(C)CO3)c1.O=C(Cl)c1ccc(I)cc1. The third-order valence-electron chi connectivity index (χ3n) is 14.8. The van der Waals surface area contributed by atoms with E-state index >= 15 is 0 Å². The van der Waals surface area contributed by atoms with Crippen molar-refractivity contribution in [3.8, 4) is 83.3 Å². The Kier molecular flexibility index (Phi) is 40.5. The van der Waals surface area contributed by atoms with Crippen LogP contribution in [0.5, 0.6) is 23.0 Å². The van der Waals surface area contributed by atoms with Gasteiger partial charge in [-0.05, 0) is 250 Å². The summed E-state index contributed by atoms with van der Waals surface area (Å²) in [7, 11) is -1.10. The van der Waals surface area contributed by atoms with Crippen molar-refractivity contribution >= 4 is 121 Å². The summed E-state index contributed by atoms with van der Waals surface area (Å²) in [6.45, 7) is 28.5. The van der Waals surface area contributed by atoms with Crippen molar-refractivity contribution < 1.29 is 66.7 Å². The molecule has 19 heteroatoms. The second-order valence-corrected chi connectivity index (χ2v) is 35.5. The molecule has 2 aliphatic heterocycles. The lowest BCUT2D eigenvalue weighted by molar-refractivity contribution is 0.0516. The van der Waals surface area contributed by atoms with E-state index in [1.165, 1.54) is 6.92 Å². The van der Waals surface area contributed by atoms with Crippen molar-refractivity contribution in [1.29, 1.82) is 0 Å². The van der Waals surface area contributed by atoms with E-state index in [-0.39, 0.29) is 46.1 Å². The Labute approximate surface area is 701 Å². The van der Waals surface area contributed by atoms with E-state index < -0.39 is 13.3 Å². The lowest BCUT2D eigenvalue weighted by Gasteiger charge is -2.19. The molecule has 2 heterocycles. The topological polar surface area (TPSA) is 184 Å². The molecule has 9 aromatic carbocycles. The largest absolute Gasteiger partial charge is 0.489 e. The fourth-order valence-electron chi connectivity index (χ4n) is 8.67. The van der Waals surface area contributed by atoms with Gasteiger partial charge >= 0.3 is 17.9 Å². The highest BCUT2D eigenvalue weighted by atomic mass is 127. The van der Waals surface area contributed by atoms with E-state index in [1.54, 1.807) is 144 Å². The molecular formula is C93H90BrClI2O14Si. The normalized spacial score (nSPS) is 11.7. The molecule has 0 amide bonds. The predicted octanol–water partition coefficient (Wildman–Crippen LogP) is 21.1. The summed E-state index contributed by atoms with van der Waals surface area (Å²) in [5, 5.41) is -0.406. The van der Waals surface area contributed by atoms with E-state index in [0.29, 0.717) is 90.9 Å². The highest BCUT2D eigenvalue weighted by Gasteiger charge is 2.27. The molecule has 2 aliphatic rings. The maximum absolute atomic E-state index is 11.8. The monoisotopic (exact) mass is 1830 g/mol. The van der Waals surface area contributed by atoms with Crippen molar-refractivity contribution in [2.45, 2.75) is 88.9 Å². The molecule has 0 radical (unpaired) electrons. The molecule has 0 spiro atoms. The first kappa shape index (κ1) is 93.9. The van der Waals surface area contributed by atoms with Crippen LogP contribution in [0.2, 0.25) is 19.6 Å². The van der Waals surface area contributed by atoms with Gasteiger partial charge in [-0.1, -0.05) is 153 Å². The van der Waals surface area contributed by atoms with Crippen LogP contribution in [-0.2, 0) is 14.2 Å². The Hall–Kier alpha value is -10.5. The molecule has 0 bridgehead atoms. The standard InChI is InChI=1S/C22H22O4.C21H20O3.C11H10O2.C10H8O.C9H9BrO2.C8H7IO.C7H4ClIO.C5H10Si/c1-4-24-21(23)18-7-5-6-16(12-18)8-9-17-10-11-19-20(13-17)26-15-22(2,3)14-25-19;1-15(22)18-9-6-16(7-10-18)4-5-17-8-11-19-20(12-17)24-14-21(2,3)13-23-19;1-3-9-6-5-7-10(8-9)11(12)13-4-2;1-3-9-4-6-10(7-5-9)8(2)11;1-2-12-9(11)7-4-3-5-8(10)6-7;1-6(10)7-2-4-8(9)5-3-7;8-7(10)5-1-3-6(9)4-2-5;1-5-6(2,3)4/h5-7,10-13H,4,14-15H2,1-3H3;6-12H,13-14H2,1-3H3;1,5-8H,4H2,2H3;1,4-7H,2H3;3-6H,2H2,1H3;2-5H,1H3;1-4H;1H,2-4H3. The number of hydrogen-bond acceptors (Lipinski definition) is 14. The number of fused-ring (bicyclic) bond motifs is 2. The Morgan fingerprint density at radius 1 is 0.402 bits per heavy atom. The van der Waals surface area contributed by atoms with E-state index in [4.69, 9.17) is 64.0 Å². The van der Waals surface area contributed by atoms with Gasteiger partial charge in [0, 0.05) is 78.1 Å². The molecule has 11 rings (SSSR count). The molecular weight excluding hydrogens is 1740 g/mol. The van der Waals surface area contributed by atoms with Gasteiger partial charge in [-0.15, -0.1) is 24.8 Å². The van der Waals surface area contributed by atoms with Crippen LogP contribution in [0.25, 0.3) is 0 Å². The summed E-state index contributed by atoms with van der Waals surface area (Å²) in [4.78, 5) is 77.5. The summed E-state index contributed by atoms with van der Waals surface area (Å²) in [5.74, 6) is 19.6. The molecule has 0 unspecified atom stereocenters. The summed E-state index contributed by atoms with van der Waals surface area (Å²) in [6, 6.07) is 61.4. The average molecular weight is 1830 g/mol. The van der Waals surface area contributed by atoms with Crippen LogP contribution in [0.4, 0.5) is 0 Å². The Morgan fingerprint density at radius 2 is 0.696 bits per heavy atom. The first-order valence-corrected chi connectivity index (χ1v) is 42.1. The van der Waals surface area contributed by atoms with Crippen LogP contribution in [0.1, 0.15) is 175 Å². The minimum absolute atomic E-state index is 0.0106. The highest BCUT2D eigenvalue weighted by molar-refractivity contribution is 14.1. The van der Waals surface area contributed by atoms with Crippen LogP contribution in [-0.4, -0.2) is 94.8 Å². The van der Waals surface area contributed by atoms with Crippen molar-refractivity contribution in [2.24, 2.45) is 10.8 Å². The zero-order valence-electron chi connectivity index (χ0n) is 65.0.